The summed E-state index contributed by atoms with van der Waals surface area (Å²) in [6, 6.07) is 7.53. The number of ether oxygens (including phenoxy) is 1. The summed E-state index contributed by atoms with van der Waals surface area (Å²) in [5.41, 5.74) is 0.798. The molecule has 0 spiro atoms. The Labute approximate surface area is 142 Å². The third-order valence-electron chi connectivity index (χ3n) is 4.71. The number of rotatable bonds is 7. The van der Waals surface area contributed by atoms with Crippen LogP contribution in [0.25, 0.3) is 0 Å². The van der Waals surface area contributed by atoms with Gasteiger partial charge in [-0.1, -0.05) is 12.1 Å². The molecule has 6 nitrogen and oxygen atoms in total. The summed E-state index contributed by atoms with van der Waals surface area (Å²) in [5.74, 6) is 0.754. The second-order valence-corrected chi connectivity index (χ2v) is 6.46. The number of hydrogen-bond donors (Lipinski definition) is 2. The van der Waals surface area contributed by atoms with Gasteiger partial charge in [0.1, 0.15) is 5.75 Å². The van der Waals surface area contributed by atoms with Crippen LogP contribution >= 0.6 is 0 Å². The minimum atomic E-state index is -0.0493. The first-order valence-corrected chi connectivity index (χ1v) is 8.86. The van der Waals surface area contributed by atoms with Gasteiger partial charge in [0.2, 0.25) is 5.91 Å². The van der Waals surface area contributed by atoms with E-state index in [9.17, 15) is 9.59 Å². The van der Waals surface area contributed by atoms with Crippen molar-refractivity contribution in [2.45, 2.75) is 25.7 Å². The molecule has 1 fully saturated rings. The van der Waals surface area contributed by atoms with E-state index < -0.39 is 0 Å². The molecule has 0 bridgehead atoms. The molecule has 2 heterocycles. The highest BCUT2D eigenvalue weighted by Gasteiger charge is 2.24. The number of hydrogen-bond acceptors (Lipinski definition) is 3. The Bertz CT molecular complexity index is 585. The molecule has 2 amide bonds. The fraction of sp³-hybridized carbons (Fsp3) is 0.556. The van der Waals surface area contributed by atoms with Crippen molar-refractivity contribution in [2.75, 3.05) is 44.2 Å². The predicted molar refractivity (Wildman–Crippen MR) is 91.3 cm³/mol. The van der Waals surface area contributed by atoms with Gasteiger partial charge in [0.15, 0.2) is 6.61 Å². The topological polar surface area (TPSA) is 63.1 Å². The van der Waals surface area contributed by atoms with Crippen molar-refractivity contribution >= 4 is 17.5 Å². The fourth-order valence-electron chi connectivity index (χ4n) is 3.39. The number of nitrogens with one attached hydrogen (secondary N) is 2. The number of anilines is 1. The van der Waals surface area contributed by atoms with Crippen molar-refractivity contribution < 1.29 is 19.2 Å². The van der Waals surface area contributed by atoms with Gasteiger partial charge < -0.3 is 19.9 Å². The van der Waals surface area contributed by atoms with Gasteiger partial charge in [0, 0.05) is 25.8 Å². The summed E-state index contributed by atoms with van der Waals surface area (Å²) < 4.78 is 5.42. The molecule has 1 aromatic rings. The van der Waals surface area contributed by atoms with E-state index in [4.69, 9.17) is 4.74 Å². The number of benzene rings is 1. The van der Waals surface area contributed by atoms with Crippen molar-refractivity contribution in [1.29, 1.82) is 0 Å². The van der Waals surface area contributed by atoms with Crippen LogP contribution in [-0.2, 0) is 9.59 Å². The van der Waals surface area contributed by atoms with Gasteiger partial charge in [-0.25, -0.2) is 0 Å². The molecule has 3 rings (SSSR count). The van der Waals surface area contributed by atoms with Crippen LogP contribution in [0.15, 0.2) is 24.3 Å². The maximum absolute atomic E-state index is 12.0. The number of carbonyl (C=O) groups excluding carboxylic acids is 2. The molecule has 1 saturated heterocycles. The molecule has 24 heavy (non-hydrogen) atoms. The molecule has 6 heteroatoms. The number of likely N-dealkylation sites (tertiary alicyclic amines) is 1. The quantitative estimate of drug-likeness (QED) is 0.738. The Balaban J connectivity index is 1.39. The lowest BCUT2D eigenvalue weighted by Crippen LogP contribution is -3.10. The number of nitrogens with zero attached hydrogens (tertiary/aromatic N) is 1. The molecule has 0 radical (unpaired) electrons. The van der Waals surface area contributed by atoms with Crippen molar-refractivity contribution in [2.24, 2.45) is 0 Å². The van der Waals surface area contributed by atoms with Crippen molar-refractivity contribution in [3.8, 4) is 5.75 Å². The standard InChI is InChI=1S/C18H25N3O3/c22-17(19-9-13-20-10-3-4-11-20)8-5-12-21-15-6-1-2-7-16(15)24-14-18(21)23/h1-2,6-7H,3-5,8-14H2,(H,19,22)/p+1. The van der Waals surface area contributed by atoms with Gasteiger partial charge in [-0.2, -0.15) is 0 Å². The van der Waals surface area contributed by atoms with Gasteiger partial charge in [0.05, 0.1) is 31.9 Å². The number of carbonyl (C=O) groups is 2. The molecule has 0 unspecified atom stereocenters. The summed E-state index contributed by atoms with van der Waals surface area (Å²) in [7, 11) is 0. The monoisotopic (exact) mass is 332 g/mol. The smallest absolute Gasteiger partial charge is 0.265 e. The molecule has 0 aromatic heterocycles. The summed E-state index contributed by atoms with van der Waals surface area (Å²) in [6.07, 6.45) is 3.71. The van der Waals surface area contributed by atoms with Crippen LogP contribution in [0.1, 0.15) is 25.7 Å². The zero-order valence-electron chi connectivity index (χ0n) is 14.1. The molecule has 2 N–H and O–H groups in total. The molecule has 0 saturated carbocycles. The second-order valence-electron chi connectivity index (χ2n) is 6.46. The van der Waals surface area contributed by atoms with Crippen LogP contribution in [0, 0.1) is 0 Å². The van der Waals surface area contributed by atoms with Crippen LogP contribution in [0.3, 0.4) is 0 Å². The average Bonchev–Trinajstić information content (AvgIpc) is 3.10. The highest BCUT2D eigenvalue weighted by molar-refractivity contribution is 5.97. The first-order valence-electron chi connectivity index (χ1n) is 8.86. The van der Waals surface area contributed by atoms with E-state index in [1.165, 1.54) is 25.9 Å². The number of para-hydroxylation sites is 2. The van der Waals surface area contributed by atoms with Gasteiger partial charge in [0.25, 0.3) is 5.91 Å². The van der Waals surface area contributed by atoms with Crippen LogP contribution in [0.4, 0.5) is 5.69 Å². The number of amides is 2. The summed E-state index contributed by atoms with van der Waals surface area (Å²) in [6.45, 7) is 4.84. The van der Waals surface area contributed by atoms with Crippen molar-refractivity contribution in [1.82, 2.24) is 5.32 Å². The summed E-state index contributed by atoms with van der Waals surface area (Å²) in [4.78, 5) is 27.3. The van der Waals surface area contributed by atoms with Gasteiger partial charge in [-0.15, -0.1) is 0 Å². The Morgan fingerprint density at radius 2 is 2.04 bits per heavy atom. The minimum absolute atomic E-state index is 0.0493. The molecule has 2 aliphatic heterocycles. The molecule has 0 atom stereocenters. The van der Waals surface area contributed by atoms with Crippen LogP contribution in [0.2, 0.25) is 0 Å². The fourth-order valence-corrected chi connectivity index (χ4v) is 3.39. The first-order chi connectivity index (χ1) is 11.7. The molecule has 130 valence electrons. The molecular formula is C18H26N3O3+. The van der Waals surface area contributed by atoms with Crippen LogP contribution in [-0.4, -0.2) is 51.1 Å². The third-order valence-corrected chi connectivity index (χ3v) is 4.71. The Hall–Kier alpha value is -2.08. The Morgan fingerprint density at radius 3 is 2.88 bits per heavy atom. The lowest BCUT2D eigenvalue weighted by Gasteiger charge is -2.29. The highest BCUT2D eigenvalue weighted by atomic mass is 16.5. The van der Waals surface area contributed by atoms with E-state index >= 15 is 0 Å². The van der Waals surface area contributed by atoms with Crippen molar-refractivity contribution in [3.05, 3.63) is 24.3 Å². The molecule has 0 aliphatic carbocycles. The Morgan fingerprint density at radius 1 is 1.25 bits per heavy atom. The second kappa shape index (κ2) is 8.15. The van der Waals surface area contributed by atoms with Crippen molar-refractivity contribution in [3.63, 3.8) is 0 Å². The molecular weight excluding hydrogens is 306 g/mol. The summed E-state index contributed by atoms with van der Waals surface area (Å²) >= 11 is 0. The number of quaternary nitrogens is 1. The Kier molecular flexibility index (Phi) is 5.69. The van der Waals surface area contributed by atoms with Crippen LogP contribution < -0.4 is 19.9 Å². The highest BCUT2D eigenvalue weighted by Crippen LogP contribution is 2.31. The normalized spacial score (nSPS) is 17.5. The number of fused-ring (bicyclic) bond motifs is 1. The van der Waals surface area contributed by atoms with E-state index in [1.54, 1.807) is 9.80 Å². The lowest BCUT2D eigenvalue weighted by molar-refractivity contribution is -0.886. The minimum Gasteiger partial charge on any atom is -0.482 e. The van der Waals surface area contributed by atoms with E-state index in [-0.39, 0.29) is 18.4 Å². The zero-order chi connectivity index (χ0) is 16.8. The third kappa shape index (κ3) is 4.26. The zero-order valence-corrected chi connectivity index (χ0v) is 14.1. The van der Waals surface area contributed by atoms with E-state index in [0.717, 1.165) is 24.5 Å². The van der Waals surface area contributed by atoms with E-state index in [0.29, 0.717) is 19.4 Å². The predicted octanol–water partition coefficient (Wildman–Crippen LogP) is -0.0129. The SMILES string of the molecule is O=C(CCCN1C(=O)COc2ccccc21)NCC[NH+]1CCCC1. The lowest BCUT2D eigenvalue weighted by atomic mass is 10.2. The van der Waals surface area contributed by atoms with Gasteiger partial charge in [-0.3, -0.25) is 9.59 Å². The maximum Gasteiger partial charge on any atom is 0.265 e. The first kappa shape index (κ1) is 16.8. The van der Waals surface area contributed by atoms with Crippen LogP contribution in [0.5, 0.6) is 5.75 Å². The van der Waals surface area contributed by atoms with Gasteiger partial charge >= 0.3 is 0 Å². The largest absolute Gasteiger partial charge is 0.482 e. The molecule has 1 aromatic carbocycles. The summed E-state index contributed by atoms with van der Waals surface area (Å²) in [5, 5.41) is 2.99. The van der Waals surface area contributed by atoms with E-state index in [1.807, 2.05) is 24.3 Å². The average molecular weight is 332 g/mol. The maximum atomic E-state index is 12.0. The van der Waals surface area contributed by atoms with Gasteiger partial charge in [-0.05, 0) is 18.6 Å². The molecule has 2 aliphatic rings. The van der Waals surface area contributed by atoms with E-state index in [2.05, 4.69) is 5.32 Å².